The second-order valence-corrected chi connectivity index (χ2v) is 5.52. The Balaban J connectivity index is 0.000000156. The summed E-state index contributed by atoms with van der Waals surface area (Å²) in [7, 11) is 1.32. The molecule has 0 aliphatic carbocycles. The van der Waals surface area contributed by atoms with Crippen molar-refractivity contribution in [3.63, 3.8) is 0 Å². The number of carbonyl (C=O) groups is 2. The van der Waals surface area contributed by atoms with Crippen molar-refractivity contribution in [2.45, 2.75) is 0 Å². The third-order valence-electron chi connectivity index (χ3n) is 3.90. The van der Waals surface area contributed by atoms with E-state index in [1.807, 2.05) is 0 Å². The van der Waals surface area contributed by atoms with Gasteiger partial charge < -0.3 is 21.3 Å². The minimum absolute atomic E-state index is 0.0787. The predicted octanol–water partition coefficient (Wildman–Crippen LogP) is 1.78. The molecule has 0 saturated heterocycles. The van der Waals surface area contributed by atoms with Crippen LogP contribution in [0.5, 0.6) is 0 Å². The van der Waals surface area contributed by atoms with E-state index in [9.17, 15) is 9.59 Å². The molecule has 0 spiro atoms. The maximum atomic E-state index is 11.4. The molecule has 10 heteroatoms. The van der Waals surface area contributed by atoms with Gasteiger partial charge in [-0.05, 0) is 24.3 Å². The number of nitrogens with two attached hydrogens (primary N) is 2. The number of hydrogen-bond acceptors (Lipinski definition) is 7. The first-order chi connectivity index (χ1) is 12.9. The fourth-order valence-electron chi connectivity index (χ4n) is 2.61. The molecular weight excluding hydrogens is 352 g/mol. The van der Waals surface area contributed by atoms with Crippen molar-refractivity contribution < 1.29 is 19.4 Å². The number of nitrogens with zero attached hydrogens (tertiary/aromatic N) is 2. The number of hydrogen-bond donors (Lipinski definition) is 5. The normalized spacial score (nSPS) is 10.4. The maximum absolute atomic E-state index is 11.4. The molecule has 27 heavy (non-hydrogen) atoms. The van der Waals surface area contributed by atoms with Crippen LogP contribution in [0.3, 0.4) is 0 Å². The summed E-state index contributed by atoms with van der Waals surface area (Å²) >= 11 is 0. The summed E-state index contributed by atoms with van der Waals surface area (Å²) in [4.78, 5) is 22.2. The number of anilines is 2. The lowest BCUT2D eigenvalue weighted by Crippen LogP contribution is -2.06. The second kappa shape index (κ2) is 7.04. The Morgan fingerprint density at radius 1 is 0.926 bits per heavy atom. The number of aromatic carboxylic acids is 1. The standard InChI is InChI=1S/C9H9N3O2.C8H7N3O2/c1-14-9(13)7-6(10)3-2-5-4-11-12-8(5)7;9-5-2-1-4-3-10-11-7(4)6(5)8(12)13/h2-4H,10H2,1H3,(H,11,12);1-3H,9H2,(H,10,11)(H,12,13). The van der Waals surface area contributed by atoms with Crippen LogP contribution in [-0.4, -0.2) is 44.5 Å². The van der Waals surface area contributed by atoms with Gasteiger partial charge in [0.1, 0.15) is 11.1 Å². The van der Waals surface area contributed by atoms with Crippen molar-refractivity contribution in [1.29, 1.82) is 0 Å². The number of carboxylic acids is 1. The van der Waals surface area contributed by atoms with Gasteiger partial charge in [-0.15, -0.1) is 0 Å². The minimum Gasteiger partial charge on any atom is -0.478 e. The predicted molar refractivity (Wildman–Crippen MR) is 99.3 cm³/mol. The lowest BCUT2D eigenvalue weighted by molar-refractivity contribution is 0.0603. The molecule has 4 rings (SSSR count). The SMILES string of the molecule is COC(=O)c1c(N)ccc2cn[nH]c12.Nc1ccc2cn[nH]c2c1C(=O)O. The summed E-state index contributed by atoms with van der Waals surface area (Å²) in [5.41, 5.74) is 13.3. The summed E-state index contributed by atoms with van der Waals surface area (Å²) < 4.78 is 4.63. The molecule has 0 radical (unpaired) electrons. The Bertz CT molecular complexity index is 1150. The fraction of sp³-hybridized carbons (Fsp3) is 0.0588. The number of nitrogen functional groups attached to an aromatic ring is 2. The maximum Gasteiger partial charge on any atom is 0.342 e. The molecule has 10 nitrogen and oxygen atoms in total. The molecule has 0 unspecified atom stereocenters. The van der Waals surface area contributed by atoms with Gasteiger partial charge in [0.05, 0.1) is 30.5 Å². The van der Waals surface area contributed by atoms with E-state index in [-0.39, 0.29) is 11.3 Å². The highest BCUT2D eigenvalue weighted by Gasteiger charge is 2.15. The van der Waals surface area contributed by atoms with E-state index in [0.29, 0.717) is 22.3 Å². The van der Waals surface area contributed by atoms with E-state index in [4.69, 9.17) is 16.6 Å². The molecule has 0 fully saturated rings. The Labute approximate surface area is 152 Å². The van der Waals surface area contributed by atoms with Crippen LogP contribution in [0.2, 0.25) is 0 Å². The zero-order valence-corrected chi connectivity index (χ0v) is 14.2. The Hall–Kier alpha value is -4.08. The second-order valence-electron chi connectivity index (χ2n) is 5.52. The number of esters is 1. The van der Waals surface area contributed by atoms with Crippen molar-refractivity contribution >= 4 is 45.1 Å². The Morgan fingerprint density at radius 3 is 1.89 bits per heavy atom. The first-order valence-electron chi connectivity index (χ1n) is 7.68. The third-order valence-corrected chi connectivity index (χ3v) is 3.90. The topological polar surface area (TPSA) is 173 Å². The number of methoxy groups -OCH3 is 1. The molecule has 2 aromatic carbocycles. The number of carbonyl (C=O) groups excluding carboxylic acids is 1. The summed E-state index contributed by atoms with van der Waals surface area (Å²) in [6, 6.07) is 6.73. The quantitative estimate of drug-likeness (QED) is 0.263. The van der Waals surface area contributed by atoms with Crippen LogP contribution in [0.15, 0.2) is 36.7 Å². The summed E-state index contributed by atoms with van der Waals surface area (Å²) in [5, 5.41) is 23.3. The molecule has 7 N–H and O–H groups in total. The number of H-pyrrole nitrogens is 2. The fourth-order valence-corrected chi connectivity index (χ4v) is 2.61. The van der Waals surface area contributed by atoms with Crippen molar-refractivity contribution in [2.24, 2.45) is 0 Å². The molecular formula is C17H16N6O4. The number of benzene rings is 2. The number of fused-ring (bicyclic) bond motifs is 2. The lowest BCUT2D eigenvalue weighted by atomic mass is 10.1. The van der Waals surface area contributed by atoms with Crippen LogP contribution in [-0.2, 0) is 4.74 Å². The lowest BCUT2D eigenvalue weighted by Gasteiger charge is -2.03. The largest absolute Gasteiger partial charge is 0.478 e. The Kier molecular flexibility index (Phi) is 4.62. The molecule has 138 valence electrons. The molecule has 4 aromatic rings. The molecule has 0 bridgehead atoms. The van der Waals surface area contributed by atoms with Crippen molar-refractivity contribution in [2.75, 3.05) is 18.6 Å². The van der Waals surface area contributed by atoms with Crippen molar-refractivity contribution in [3.8, 4) is 0 Å². The molecule has 0 aliphatic rings. The van der Waals surface area contributed by atoms with Gasteiger partial charge in [0.15, 0.2) is 0 Å². The van der Waals surface area contributed by atoms with E-state index < -0.39 is 11.9 Å². The van der Waals surface area contributed by atoms with Crippen LogP contribution in [0, 0.1) is 0 Å². The van der Waals surface area contributed by atoms with E-state index in [1.165, 1.54) is 7.11 Å². The van der Waals surface area contributed by atoms with Crippen LogP contribution < -0.4 is 11.5 Å². The van der Waals surface area contributed by atoms with E-state index in [1.54, 1.807) is 36.7 Å². The average molecular weight is 368 g/mol. The average Bonchev–Trinajstić information content (AvgIpc) is 3.29. The molecule has 0 atom stereocenters. The van der Waals surface area contributed by atoms with Gasteiger partial charge in [-0.1, -0.05) is 0 Å². The highest BCUT2D eigenvalue weighted by Crippen LogP contribution is 2.23. The monoisotopic (exact) mass is 368 g/mol. The van der Waals surface area contributed by atoms with Gasteiger partial charge in [-0.25, -0.2) is 9.59 Å². The van der Waals surface area contributed by atoms with Gasteiger partial charge in [0.2, 0.25) is 0 Å². The van der Waals surface area contributed by atoms with E-state index >= 15 is 0 Å². The number of carboxylic acid groups (broad SMARTS) is 1. The zero-order chi connectivity index (χ0) is 19.6. The van der Waals surface area contributed by atoms with Gasteiger partial charge in [-0.3, -0.25) is 10.2 Å². The van der Waals surface area contributed by atoms with Crippen molar-refractivity contribution in [1.82, 2.24) is 20.4 Å². The van der Waals surface area contributed by atoms with Crippen LogP contribution >= 0.6 is 0 Å². The molecule has 0 aliphatic heterocycles. The third kappa shape index (κ3) is 3.23. The first-order valence-corrected chi connectivity index (χ1v) is 7.68. The zero-order valence-electron chi connectivity index (χ0n) is 14.2. The van der Waals surface area contributed by atoms with E-state index in [2.05, 4.69) is 25.1 Å². The highest BCUT2D eigenvalue weighted by atomic mass is 16.5. The molecule has 0 saturated carbocycles. The van der Waals surface area contributed by atoms with Crippen LogP contribution in [0.25, 0.3) is 21.8 Å². The highest BCUT2D eigenvalue weighted by molar-refractivity contribution is 6.07. The van der Waals surface area contributed by atoms with Gasteiger partial charge in [-0.2, -0.15) is 10.2 Å². The van der Waals surface area contributed by atoms with E-state index in [0.717, 1.165) is 10.8 Å². The van der Waals surface area contributed by atoms with Crippen LogP contribution in [0.1, 0.15) is 20.7 Å². The van der Waals surface area contributed by atoms with Crippen molar-refractivity contribution in [3.05, 3.63) is 47.8 Å². The first kappa shape index (κ1) is 17.7. The summed E-state index contributed by atoms with van der Waals surface area (Å²) in [6.45, 7) is 0. The number of rotatable bonds is 2. The molecule has 2 heterocycles. The van der Waals surface area contributed by atoms with Crippen LogP contribution in [0.4, 0.5) is 11.4 Å². The van der Waals surface area contributed by atoms with Gasteiger partial charge in [0.25, 0.3) is 0 Å². The van der Waals surface area contributed by atoms with Gasteiger partial charge in [0, 0.05) is 22.1 Å². The minimum atomic E-state index is -1.05. The Morgan fingerprint density at radius 2 is 1.41 bits per heavy atom. The number of ether oxygens (including phenoxy) is 1. The summed E-state index contributed by atoms with van der Waals surface area (Å²) in [6.07, 6.45) is 3.18. The number of nitrogens with one attached hydrogen (secondary N) is 2. The number of aromatic nitrogens is 4. The summed E-state index contributed by atoms with van der Waals surface area (Å²) in [5.74, 6) is -1.51. The molecule has 2 aromatic heterocycles. The smallest absolute Gasteiger partial charge is 0.342 e. The molecule has 0 amide bonds. The van der Waals surface area contributed by atoms with Gasteiger partial charge >= 0.3 is 11.9 Å². The number of aromatic amines is 2.